The Balaban J connectivity index is 1.58. The molecule has 138 valence electrons. The number of ether oxygens (including phenoxy) is 3. The van der Waals surface area contributed by atoms with Crippen LogP contribution in [0.25, 0.3) is 0 Å². The number of hydrogen-bond donors (Lipinski definition) is 1. The van der Waals surface area contributed by atoms with E-state index in [1.165, 1.54) is 12.3 Å². The second kappa shape index (κ2) is 8.87. The summed E-state index contributed by atoms with van der Waals surface area (Å²) in [5, 5.41) is 3.13. The molecule has 6 nitrogen and oxygen atoms in total. The SMILES string of the molecule is COc1cc(CNC(=O)c2ccnc(Cl)c2)ccc1OCC1CCCO1. The average Bonchev–Trinajstić information content (AvgIpc) is 3.18. The maximum absolute atomic E-state index is 12.2. The zero-order chi connectivity index (χ0) is 18.4. The van der Waals surface area contributed by atoms with Gasteiger partial charge in [-0.1, -0.05) is 17.7 Å². The number of nitrogens with one attached hydrogen (secondary N) is 1. The van der Waals surface area contributed by atoms with Crippen molar-refractivity contribution in [3.63, 3.8) is 0 Å². The van der Waals surface area contributed by atoms with E-state index in [4.69, 9.17) is 25.8 Å². The Morgan fingerprint density at radius 1 is 1.35 bits per heavy atom. The molecule has 1 unspecified atom stereocenters. The predicted octanol–water partition coefficient (Wildman–Crippen LogP) is 3.23. The minimum Gasteiger partial charge on any atom is -0.493 e. The first kappa shape index (κ1) is 18.5. The van der Waals surface area contributed by atoms with Crippen molar-refractivity contribution in [2.24, 2.45) is 0 Å². The molecule has 1 aliphatic heterocycles. The van der Waals surface area contributed by atoms with Crippen LogP contribution in [-0.4, -0.2) is 37.3 Å². The lowest BCUT2D eigenvalue weighted by molar-refractivity contribution is 0.0669. The van der Waals surface area contributed by atoms with Crippen molar-refractivity contribution in [2.75, 3.05) is 20.3 Å². The molecule has 1 N–H and O–H groups in total. The first-order valence-corrected chi connectivity index (χ1v) is 8.84. The van der Waals surface area contributed by atoms with Crippen LogP contribution in [0.1, 0.15) is 28.8 Å². The number of carbonyl (C=O) groups excluding carboxylic acids is 1. The Bertz CT molecular complexity index is 763. The monoisotopic (exact) mass is 376 g/mol. The van der Waals surface area contributed by atoms with Gasteiger partial charge in [-0.25, -0.2) is 4.98 Å². The molecule has 1 saturated heterocycles. The minimum atomic E-state index is -0.216. The van der Waals surface area contributed by atoms with Crippen LogP contribution in [0.2, 0.25) is 5.15 Å². The lowest BCUT2D eigenvalue weighted by Crippen LogP contribution is -2.22. The van der Waals surface area contributed by atoms with Gasteiger partial charge in [0.2, 0.25) is 0 Å². The van der Waals surface area contributed by atoms with Gasteiger partial charge in [0.1, 0.15) is 11.8 Å². The number of methoxy groups -OCH3 is 1. The second-order valence-electron chi connectivity index (χ2n) is 5.98. The fraction of sp³-hybridized carbons (Fsp3) is 0.368. The van der Waals surface area contributed by atoms with E-state index in [2.05, 4.69) is 10.3 Å². The van der Waals surface area contributed by atoms with Crippen molar-refractivity contribution < 1.29 is 19.0 Å². The van der Waals surface area contributed by atoms with Gasteiger partial charge in [0.15, 0.2) is 11.5 Å². The molecule has 0 aliphatic carbocycles. The van der Waals surface area contributed by atoms with Crippen molar-refractivity contribution in [3.05, 3.63) is 52.8 Å². The number of nitrogens with zero attached hydrogens (tertiary/aromatic N) is 1. The Labute approximate surface area is 157 Å². The molecule has 2 aromatic rings. The van der Waals surface area contributed by atoms with E-state index >= 15 is 0 Å². The second-order valence-corrected chi connectivity index (χ2v) is 6.37. The molecule has 7 heteroatoms. The van der Waals surface area contributed by atoms with Crippen LogP contribution in [0.4, 0.5) is 0 Å². The summed E-state index contributed by atoms with van der Waals surface area (Å²) >= 11 is 5.81. The number of aromatic nitrogens is 1. The first-order valence-electron chi connectivity index (χ1n) is 8.47. The molecule has 0 bridgehead atoms. The van der Waals surface area contributed by atoms with Crippen LogP contribution in [0.5, 0.6) is 11.5 Å². The third-order valence-electron chi connectivity index (χ3n) is 4.12. The predicted molar refractivity (Wildman–Crippen MR) is 97.9 cm³/mol. The van der Waals surface area contributed by atoms with Crippen LogP contribution in [0.3, 0.4) is 0 Å². The number of benzene rings is 1. The standard InChI is InChI=1S/C19H21ClN2O4/c1-24-17-9-13(4-5-16(17)26-12-15-3-2-8-25-15)11-22-19(23)14-6-7-21-18(20)10-14/h4-7,9-10,15H,2-3,8,11-12H2,1H3,(H,22,23). The molecule has 0 radical (unpaired) electrons. The molecule has 26 heavy (non-hydrogen) atoms. The van der Waals surface area contributed by atoms with Crippen LogP contribution in [-0.2, 0) is 11.3 Å². The number of halogens is 1. The van der Waals surface area contributed by atoms with E-state index < -0.39 is 0 Å². The number of hydrogen-bond acceptors (Lipinski definition) is 5. The third kappa shape index (κ3) is 4.86. The summed E-state index contributed by atoms with van der Waals surface area (Å²) in [6.45, 7) is 1.67. The largest absolute Gasteiger partial charge is 0.493 e. The Hall–Kier alpha value is -2.31. The number of pyridine rings is 1. The zero-order valence-electron chi connectivity index (χ0n) is 14.5. The molecule has 1 aromatic heterocycles. The maximum atomic E-state index is 12.2. The van der Waals surface area contributed by atoms with Crippen LogP contribution in [0, 0.1) is 0 Å². The van der Waals surface area contributed by atoms with Gasteiger partial charge in [-0.15, -0.1) is 0 Å². The van der Waals surface area contributed by atoms with Crippen molar-refractivity contribution in [2.45, 2.75) is 25.5 Å². The summed E-state index contributed by atoms with van der Waals surface area (Å²) in [5.41, 5.74) is 1.37. The van der Waals surface area contributed by atoms with Crippen molar-refractivity contribution in [3.8, 4) is 11.5 Å². The highest BCUT2D eigenvalue weighted by Gasteiger charge is 2.17. The molecule has 1 atom stereocenters. The summed E-state index contributed by atoms with van der Waals surface area (Å²) in [6, 6.07) is 8.74. The Kier molecular flexibility index (Phi) is 6.30. The number of amides is 1. The molecule has 0 saturated carbocycles. The Morgan fingerprint density at radius 3 is 2.96 bits per heavy atom. The van der Waals surface area contributed by atoms with Gasteiger partial charge in [-0.2, -0.15) is 0 Å². The van der Waals surface area contributed by atoms with Crippen molar-refractivity contribution in [1.82, 2.24) is 10.3 Å². The van der Waals surface area contributed by atoms with Crippen LogP contribution >= 0.6 is 11.6 Å². The lowest BCUT2D eigenvalue weighted by Gasteiger charge is -2.15. The van der Waals surface area contributed by atoms with Gasteiger partial charge < -0.3 is 19.5 Å². The third-order valence-corrected chi connectivity index (χ3v) is 4.33. The highest BCUT2D eigenvalue weighted by atomic mass is 35.5. The number of rotatable bonds is 7. The summed E-state index contributed by atoms with van der Waals surface area (Å²) in [5.74, 6) is 1.08. The topological polar surface area (TPSA) is 69.7 Å². The van der Waals surface area contributed by atoms with Gasteiger partial charge in [0, 0.05) is 24.9 Å². The van der Waals surface area contributed by atoms with Crippen molar-refractivity contribution >= 4 is 17.5 Å². The first-order chi connectivity index (χ1) is 12.7. The number of carbonyl (C=O) groups is 1. The van der Waals surface area contributed by atoms with Crippen LogP contribution in [0.15, 0.2) is 36.5 Å². The molecular formula is C19H21ClN2O4. The van der Waals surface area contributed by atoms with Gasteiger partial charge in [-0.3, -0.25) is 4.79 Å². The fourth-order valence-electron chi connectivity index (χ4n) is 2.73. The zero-order valence-corrected chi connectivity index (χ0v) is 15.3. The summed E-state index contributed by atoms with van der Waals surface area (Å²) in [6.07, 6.45) is 3.74. The molecule has 1 fully saturated rings. The van der Waals surface area contributed by atoms with Crippen LogP contribution < -0.4 is 14.8 Å². The normalized spacial score (nSPS) is 16.3. The summed E-state index contributed by atoms with van der Waals surface area (Å²) < 4.78 is 16.8. The van der Waals surface area contributed by atoms with E-state index in [0.29, 0.717) is 30.2 Å². The Morgan fingerprint density at radius 2 is 2.23 bits per heavy atom. The molecular weight excluding hydrogens is 356 g/mol. The smallest absolute Gasteiger partial charge is 0.251 e. The quantitative estimate of drug-likeness (QED) is 0.751. The van der Waals surface area contributed by atoms with Gasteiger partial charge in [0.25, 0.3) is 5.91 Å². The molecule has 3 rings (SSSR count). The fourth-order valence-corrected chi connectivity index (χ4v) is 2.90. The summed E-state index contributed by atoms with van der Waals surface area (Å²) in [4.78, 5) is 16.0. The molecule has 1 aromatic carbocycles. The van der Waals surface area contributed by atoms with Crippen molar-refractivity contribution in [1.29, 1.82) is 0 Å². The van der Waals surface area contributed by atoms with E-state index in [-0.39, 0.29) is 17.2 Å². The van der Waals surface area contributed by atoms with E-state index in [9.17, 15) is 4.79 Å². The van der Waals surface area contributed by atoms with E-state index in [1.54, 1.807) is 13.2 Å². The molecule has 2 heterocycles. The van der Waals surface area contributed by atoms with Gasteiger partial charge >= 0.3 is 0 Å². The molecule has 1 aliphatic rings. The molecule has 0 spiro atoms. The maximum Gasteiger partial charge on any atom is 0.251 e. The average molecular weight is 377 g/mol. The van der Waals surface area contributed by atoms with E-state index in [1.807, 2.05) is 18.2 Å². The van der Waals surface area contributed by atoms with Gasteiger partial charge in [0.05, 0.1) is 13.2 Å². The van der Waals surface area contributed by atoms with E-state index in [0.717, 1.165) is 25.0 Å². The minimum absolute atomic E-state index is 0.144. The van der Waals surface area contributed by atoms with Gasteiger partial charge in [-0.05, 0) is 42.7 Å². The molecule has 1 amide bonds. The summed E-state index contributed by atoms with van der Waals surface area (Å²) in [7, 11) is 1.59. The highest BCUT2D eigenvalue weighted by molar-refractivity contribution is 6.29. The lowest BCUT2D eigenvalue weighted by atomic mass is 10.2. The highest BCUT2D eigenvalue weighted by Crippen LogP contribution is 2.29.